The smallest absolute Gasteiger partial charge is 0.142 e. The second-order valence-electron chi connectivity index (χ2n) is 4.57. The van der Waals surface area contributed by atoms with Crippen molar-refractivity contribution in [3.05, 3.63) is 34.6 Å². The summed E-state index contributed by atoms with van der Waals surface area (Å²) < 4.78 is 13.3. The fourth-order valence-corrected chi connectivity index (χ4v) is 3.41. The zero-order valence-electron chi connectivity index (χ0n) is 8.21. The zero-order chi connectivity index (χ0) is 10.6. The predicted octanol–water partition coefficient (Wildman–Crippen LogP) is 3.10. The van der Waals surface area contributed by atoms with Gasteiger partial charge in [0.25, 0.3) is 0 Å². The van der Waals surface area contributed by atoms with Crippen molar-refractivity contribution in [2.45, 2.75) is 24.9 Å². The van der Waals surface area contributed by atoms with E-state index in [0.29, 0.717) is 17.4 Å². The third-order valence-electron chi connectivity index (χ3n) is 3.92. The van der Waals surface area contributed by atoms with Crippen LogP contribution in [0, 0.1) is 17.7 Å². The first-order valence-corrected chi connectivity index (χ1v) is 5.70. The number of fused-ring (bicyclic) bond motifs is 1. The number of aliphatic hydroxyl groups is 1. The molecule has 1 aromatic rings. The van der Waals surface area contributed by atoms with Crippen molar-refractivity contribution in [3.8, 4) is 0 Å². The van der Waals surface area contributed by atoms with Gasteiger partial charge in [-0.25, -0.2) is 4.39 Å². The molecule has 1 N–H and O–H groups in total. The average Bonchev–Trinajstić information content (AvgIpc) is 2.67. The lowest BCUT2D eigenvalue weighted by Crippen LogP contribution is -2.14. The summed E-state index contributed by atoms with van der Waals surface area (Å²) in [5, 5.41) is 10.5. The molecular weight excluding hydrogens is 215 g/mol. The Hall–Kier alpha value is -0.600. The van der Waals surface area contributed by atoms with Crippen LogP contribution in [0.3, 0.4) is 0 Å². The molecule has 1 nitrogen and oxygen atoms in total. The van der Waals surface area contributed by atoms with E-state index in [1.165, 1.54) is 12.5 Å². The summed E-state index contributed by atoms with van der Waals surface area (Å²) in [5.41, 5.74) is -0.254. The summed E-state index contributed by atoms with van der Waals surface area (Å²) >= 11 is 5.89. The maximum Gasteiger partial charge on any atom is 0.142 e. The Morgan fingerprint density at radius 2 is 2.00 bits per heavy atom. The predicted molar refractivity (Wildman–Crippen MR) is 56.1 cm³/mol. The van der Waals surface area contributed by atoms with Crippen LogP contribution in [0.15, 0.2) is 18.2 Å². The van der Waals surface area contributed by atoms with E-state index < -0.39 is 11.4 Å². The van der Waals surface area contributed by atoms with Crippen molar-refractivity contribution >= 4 is 11.6 Å². The topological polar surface area (TPSA) is 20.2 Å². The van der Waals surface area contributed by atoms with E-state index >= 15 is 0 Å². The third-order valence-corrected chi connectivity index (χ3v) is 4.30. The SMILES string of the molecule is OC1(c2cccc(F)c2Cl)C2CCCC21. The van der Waals surface area contributed by atoms with Gasteiger partial charge >= 0.3 is 0 Å². The molecule has 2 atom stereocenters. The number of hydrogen-bond acceptors (Lipinski definition) is 1. The van der Waals surface area contributed by atoms with Crippen LogP contribution in [-0.2, 0) is 5.60 Å². The molecule has 2 fully saturated rings. The highest BCUT2D eigenvalue weighted by Gasteiger charge is 2.66. The molecule has 0 bridgehead atoms. The van der Waals surface area contributed by atoms with Gasteiger partial charge in [0.1, 0.15) is 5.82 Å². The minimum atomic E-state index is -0.836. The van der Waals surface area contributed by atoms with Gasteiger partial charge in [0.05, 0.1) is 10.6 Å². The van der Waals surface area contributed by atoms with Gasteiger partial charge in [-0.1, -0.05) is 30.2 Å². The van der Waals surface area contributed by atoms with E-state index in [0.717, 1.165) is 12.8 Å². The summed E-state index contributed by atoms with van der Waals surface area (Å²) in [6.45, 7) is 0. The summed E-state index contributed by atoms with van der Waals surface area (Å²) in [6.07, 6.45) is 3.24. The molecule has 0 aromatic heterocycles. The first-order valence-electron chi connectivity index (χ1n) is 5.32. The number of hydrogen-bond donors (Lipinski definition) is 1. The van der Waals surface area contributed by atoms with Crippen LogP contribution in [0.25, 0.3) is 0 Å². The molecule has 80 valence electrons. The molecule has 0 radical (unpaired) electrons. The van der Waals surface area contributed by atoms with Gasteiger partial charge < -0.3 is 5.11 Å². The molecule has 0 saturated heterocycles. The van der Waals surface area contributed by atoms with Crippen LogP contribution in [0.4, 0.5) is 4.39 Å². The van der Waals surface area contributed by atoms with Gasteiger partial charge in [-0.3, -0.25) is 0 Å². The first-order chi connectivity index (χ1) is 7.15. The summed E-state index contributed by atoms with van der Waals surface area (Å²) in [6, 6.07) is 4.68. The van der Waals surface area contributed by atoms with Crippen molar-refractivity contribution in [3.63, 3.8) is 0 Å². The number of halogens is 2. The molecule has 2 saturated carbocycles. The number of rotatable bonds is 1. The van der Waals surface area contributed by atoms with Gasteiger partial charge in [-0.05, 0) is 30.7 Å². The highest BCUT2D eigenvalue weighted by atomic mass is 35.5. The highest BCUT2D eigenvalue weighted by molar-refractivity contribution is 6.31. The molecule has 0 amide bonds. The second kappa shape index (κ2) is 2.96. The van der Waals surface area contributed by atoms with E-state index in [9.17, 15) is 9.50 Å². The summed E-state index contributed by atoms with van der Waals surface area (Å²) in [4.78, 5) is 0. The van der Waals surface area contributed by atoms with Crippen molar-refractivity contribution in [2.24, 2.45) is 11.8 Å². The fraction of sp³-hybridized carbons (Fsp3) is 0.500. The van der Waals surface area contributed by atoms with Crippen LogP contribution >= 0.6 is 11.6 Å². The highest BCUT2D eigenvalue weighted by Crippen LogP contribution is 2.67. The van der Waals surface area contributed by atoms with E-state index in [1.54, 1.807) is 12.1 Å². The molecule has 2 unspecified atom stereocenters. The summed E-state index contributed by atoms with van der Waals surface area (Å²) in [5.74, 6) is 0.168. The molecule has 1 aromatic carbocycles. The summed E-state index contributed by atoms with van der Waals surface area (Å²) in [7, 11) is 0. The largest absolute Gasteiger partial charge is 0.385 e. The maximum absolute atomic E-state index is 13.3. The lowest BCUT2D eigenvalue weighted by atomic mass is 9.99. The van der Waals surface area contributed by atoms with Crippen molar-refractivity contribution in [1.82, 2.24) is 0 Å². The van der Waals surface area contributed by atoms with Crippen LogP contribution in [-0.4, -0.2) is 5.11 Å². The Balaban J connectivity index is 2.04. The molecule has 2 aliphatic carbocycles. The fourth-order valence-electron chi connectivity index (χ4n) is 3.13. The monoisotopic (exact) mass is 226 g/mol. The Morgan fingerprint density at radius 3 is 2.67 bits per heavy atom. The van der Waals surface area contributed by atoms with Gasteiger partial charge in [0.2, 0.25) is 0 Å². The van der Waals surface area contributed by atoms with E-state index in [2.05, 4.69) is 0 Å². The van der Waals surface area contributed by atoms with Gasteiger partial charge in [0.15, 0.2) is 0 Å². The van der Waals surface area contributed by atoms with E-state index in [1.807, 2.05) is 0 Å². The molecule has 0 heterocycles. The lowest BCUT2D eigenvalue weighted by molar-refractivity contribution is 0.105. The Labute approximate surface area is 92.9 Å². The van der Waals surface area contributed by atoms with Crippen molar-refractivity contribution in [1.29, 1.82) is 0 Å². The van der Waals surface area contributed by atoms with E-state index in [4.69, 9.17) is 11.6 Å². The van der Waals surface area contributed by atoms with Crippen LogP contribution in [0.1, 0.15) is 24.8 Å². The van der Waals surface area contributed by atoms with Crippen LogP contribution in [0.2, 0.25) is 5.02 Å². The molecule has 2 aliphatic rings. The zero-order valence-corrected chi connectivity index (χ0v) is 8.97. The maximum atomic E-state index is 13.3. The van der Waals surface area contributed by atoms with Crippen LogP contribution in [0.5, 0.6) is 0 Å². The minimum absolute atomic E-state index is 0.0920. The molecule has 0 aliphatic heterocycles. The quantitative estimate of drug-likeness (QED) is 0.780. The molecule has 3 rings (SSSR count). The molecule has 15 heavy (non-hydrogen) atoms. The standard InChI is InChI=1S/C12H12ClFO/c13-11-9(5-2-6-10(11)14)12(15)7-3-1-4-8(7)12/h2,5-8,15H,1,3-4H2. The lowest BCUT2D eigenvalue weighted by Gasteiger charge is -2.16. The molecular formula is C12H12ClFO. The van der Waals surface area contributed by atoms with Crippen LogP contribution < -0.4 is 0 Å². The number of benzene rings is 1. The molecule has 3 heteroatoms. The van der Waals surface area contributed by atoms with Gasteiger partial charge in [-0.15, -0.1) is 0 Å². The molecule has 0 spiro atoms. The first kappa shape index (κ1) is 9.61. The van der Waals surface area contributed by atoms with Crippen molar-refractivity contribution < 1.29 is 9.50 Å². The normalized spacial score (nSPS) is 37.8. The van der Waals surface area contributed by atoms with Crippen molar-refractivity contribution in [2.75, 3.05) is 0 Å². The minimum Gasteiger partial charge on any atom is -0.385 e. The van der Waals surface area contributed by atoms with Gasteiger partial charge in [-0.2, -0.15) is 0 Å². The average molecular weight is 227 g/mol. The second-order valence-corrected chi connectivity index (χ2v) is 4.95. The van der Waals surface area contributed by atoms with Gasteiger partial charge in [0, 0.05) is 5.56 Å². The third kappa shape index (κ3) is 1.12. The Morgan fingerprint density at radius 1 is 1.33 bits per heavy atom. The Bertz CT molecular complexity index is 408. The Kier molecular flexibility index (Phi) is 1.89. The van der Waals surface area contributed by atoms with E-state index in [-0.39, 0.29) is 5.02 Å².